The number of carboxylic acid groups (broad SMARTS) is 1. The first-order chi connectivity index (χ1) is 6.46. The molecular weight excluding hydrogens is 182 g/mol. The number of carboxylic acids is 1. The second-order valence-electron chi connectivity index (χ2n) is 3.63. The van der Waals surface area contributed by atoms with Gasteiger partial charge in [0.25, 0.3) is 0 Å². The van der Waals surface area contributed by atoms with E-state index in [2.05, 4.69) is 9.97 Å². The Morgan fingerprint density at radius 1 is 1.57 bits per heavy atom. The molecule has 0 unspecified atom stereocenters. The maximum atomic E-state index is 10.9. The Kier molecular flexibility index (Phi) is 2.81. The standard InChI is InChI=1S/C9H13N3O2/c1-9(2,8(13)14)7(10)6-5-11-3-4-12-6/h3-5,7H,10H2,1-2H3,(H,13,14)/t7-/m1/s1. The Labute approximate surface area is 82.0 Å². The van der Waals surface area contributed by atoms with Gasteiger partial charge in [-0.2, -0.15) is 0 Å². The normalized spacial score (nSPS) is 13.6. The number of rotatable bonds is 3. The lowest BCUT2D eigenvalue weighted by atomic mass is 9.83. The molecule has 0 radical (unpaired) electrons. The van der Waals surface area contributed by atoms with E-state index in [-0.39, 0.29) is 0 Å². The zero-order valence-corrected chi connectivity index (χ0v) is 8.14. The molecule has 0 aliphatic rings. The number of nitrogens with two attached hydrogens (primary N) is 1. The van der Waals surface area contributed by atoms with Crippen molar-refractivity contribution in [3.05, 3.63) is 24.3 Å². The maximum absolute atomic E-state index is 10.9. The van der Waals surface area contributed by atoms with Crippen LogP contribution in [0.2, 0.25) is 0 Å². The lowest BCUT2D eigenvalue weighted by molar-refractivity contribution is -0.148. The second-order valence-corrected chi connectivity index (χ2v) is 3.63. The quantitative estimate of drug-likeness (QED) is 0.736. The fourth-order valence-electron chi connectivity index (χ4n) is 0.974. The number of nitrogens with zero attached hydrogens (tertiary/aromatic N) is 2. The smallest absolute Gasteiger partial charge is 0.311 e. The minimum Gasteiger partial charge on any atom is -0.481 e. The van der Waals surface area contributed by atoms with Crippen LogP contribution in [-0.4, -0.2) is 21.0 Å². The van der Waals surface area contributed by atoms with Gasteiger partial charge in [-0.25, -0.2) is 0 Å². The molecular formula is C9H13N3O2. The van der Waals surface area contributed by atoms with Gasteiger partial charge in [0, 0.05) is 18.6 Å². The molecule has 0 spiro atoms. The third-order valence-electron chi connectivity index (χ3n) is 2.23. The van der Waals surface area contributed by atoms with Gasteiger partial charge < -0.3 is 10.8 Å². The minimum atomic E-state index is -1.05. The van der Waals surface area contributed by atoms with Crippen molar-refractivity contribution in [3.8, 4) is 0 Å². The summed E-state index contributed by atoms with van der Waals surface area (Å²) in [5, 5.41) is 8.94. The third kappa shape index (κ3) is 1.88. The number of hydrogen-bond acceptors (Lipinski definition) is 4. The SMILES string of the molecule is CC(C)(C(=O)O)[C@H](N)c1cnccn1. The summed E-state index contributed by atoms with van der Waals surface area (Å²) in [5.41, 5.74) is 5.23. The maximum Gasteiger partial charge on any atom is 0.311 e. The molecule has 0 aromatic carbocycles. The predicted octanol–water partition coefficient (Wildman–Crippen LogP) is 0.587. The lowest BCUT2D eigenvalue weighted by Crippen LogP contribution is -2.36. The average molecular weight is 195 g/mol. The Balaban J connectivity index is 2.96. The van der Waals surface area contributed by atoms with E-state index in [0.717, 1.165) is 0 Å². The van der Waals surface area contributed by atoms with Gasteiger partial charge in [0.2, 0.25) is 0 Å². The summed E-state index contributed by atoms with van der Waals surface area (Å²) in [7, 11) is 0. The van der Waals surface area contributed by atoms with Crippen molar-refractivity contribution >= 4 is 5.97 Å². The molecule has 1 aromatic heterocycles. The molecule has 14 heavy (non-hydrogen) atoms. The van der Waals surface area contributed by atoms with Crippen LogP contribution in [0.1, 0.15) is 25.6 Å². The number of aliphatic carboxylic acids is 1. The van der Waals surface area contributed by atoms with Crippen LogP contribution >= 0.6 is 0 Å². The topological polar surface area (TPSA) is 89.1 Å². The molecule has 1 aromatic rings. The van der Waals surface area contributed by atoms with Crippen molar-refractivity contribution in [2.24, 2.45) is 11.1 Å². The van der Waals surface area contributed by atoms with Crippen molar-refractivity contribution in [2.75, 3.05) is 0 Å². The third-order valence-corrected chi connectivity index (χ3v) is 2.23. The fourth-order valence-corrected chi connectivity index (χ4v) is 0.974. The summed E-state index contributed by atoms with van der Waals surface area (Å²) in [4.78, 5) is 18.7. The van der Waals surface area contributed by atoms with E-state index in [0.29, 0.717) is 5.69 Å². The van der Waals surface area contributed by atoms with Crippen LogP contribution in [0.4, 0.5) is 0 Å². The molecule has 1 atom stereocenters. The van der Waals surface area contributed by atoms with Crippen molar-refractivity contribution in [3.63, 3.8) is 0 Å². The van der Waals surface area contributed by atoms with E-state index in [4.69, 9.17) is 10.8 Å². The fraction of sp³-hybridized carbons (Fsp3) is 0.444. The molecule has 0 fully saturated rings. The van der Waals surface area contributed by atoms with Gasteiger partial charge in [0.15, 0.2) is 0 Å². The molecule has 0 aliphatic carbocycles. The van der Waals surface area contributed by atoms with E-state index < -0.39 is 17.4 Å². The molecule has 5 nitrogen and oxygen atoms in total. The highest BCUT2D eigenvalue weighted by Crippen LogP contribution is 2.29. The van der Waals surface area contributed by atoms with Crippen molar-refractivity contribution in [1.82, 2.24) is 9.97 Å². The summed E-state index contributed by atoms with van der Waals surface area (Å²) in [6.07, 6.45) is 4.49. The zero-order valence-electron chi connectivity index (χ0n) is 8.14. The first-order valence-corrected chi connectivity index (χ1v) is 4.21. The Morgan fingerprint density at radius 3 is 2.64 bits per heavy atom. The summed E-state index contributed by atoms with van der Waals surface area (Å²) >= 11 is 0. The molecule has 76 valence electrons. The molecule has 3 N–H and O–H groups in total. The molecule has 1 rings (SSSR count). The van der Waals surface area contributed by atoms with Gasteiger partial charge in [0.1, 0.15) is 0 Å². The van der Waals surface area contributed by atoms with E-state index in [1.165, 1.54) is 18.6 Å². The van der Waals surface area contributed by atoms with Crippen LogP contribution < -0.4 is 5.73 Å². The highest BCUT2D eigenvalue weighted by Gasteiger charge is 2.36. The number of carbonyl (C=O) groups is 1. The van der Waals surface area contributed by atoms with Crippen LogP contribution in [0.25, 0.3) is 0 Å². The van der Waals surface area contributed by atoms with Crippen LogP contribution in [-0.2, 0) is 4.79 Å². The highest BCUT2D eigenvalue weighted by molar-refractivity contribution is 5.74. The molecule has 0 saturated heterocycles. The number of aromatic nitrogens is 2. The highest BCUT2D eigenvalue weighted by atomic mass is 16.4. The van der Waals surface area contributed by atoms with Crippen molar-refractivity contribution < 1.29 is 9.90 Å². The first-order valence-electron chi connectivity index (χ1n) is 4.21. The molecule has 0 saturated carbocycles. The van der Waals surface area contributed by atoms with Crippen LogP contribution in [0.5, 0.6) is 0 Å². The van der Waals surface area contributed by atoms with Crippen LogP contribution in [0.3, 0.4) is 0 Å². The largest absolute Gasteiger partial charge is 0.481 e. The summed E-state index contributed by atoms with van der Waals surface area (Å²) in [6, 6.07) is -0.659. The van der Waals surface area contributed by atoms with E-state index in [1.54, 1.807) is 13.8 Å². The van der Waals surface area contributed by atoms with Crippen LogP contribution in [0, 0.1) is 5.41 Å². The summed E-state index contributed by atoms with van der Waals surface area (Å²) in [6.45, 7) is 3.13. The first kappa shape index (κ1) is 10.6. The van der Waals surface area contributed by atoms with E-state index in [1.807, 2.05) is 0 Å². The zero-order chi connectivity index (χ0) is 10.8. The van der Waals surface area contributed by atoms with Crippen molar-refractivity contribution in [2.45, 2.75) is 19.9 Å². The number of hydrogen-bond donors (Lipinski definition) is 2. The van der Waals surface area contributed by atoms with Crippen molar-refractivity contribution in [1.29, 1.82) is 0 Å². The van der Waals surface area contributed by atoms with E-state index in [9.17, 15) is 4.79 Å². The summed E-state index contributed by atoms with van der Waals surface area (Å²) < 4.78 is 0. The van der Waals surface area contributed by atoms with Gasteiger partial charge in [-0.3, -0.25) is 14.8 Å². The van der Waals surface area contributed by atoms with Gasteiger partial charge in [-0.1, -0.05) is 0 Å². The Morgan fingerprint density at radius 2 is 2.21 bits per heavy atom. The average Bonchev–Trinajstić information content (AvgIpc) is 2.17. The van der Waals surface area contributed by atoms with Gasteiger partial charge in [-0.05, 0) is 13.8 Å². The van der Waals surface area contributed by atoms with Gasteiger partial charge in [0.05, 0.1) is 17.2 Å². The molecule has 5 heteroatoms. The minimum absolute atomic E-state index is 0.486. The summed E-state index contributed by atoms with van der Waals surface area (Å²) in [5.74, 6) is -0.948. The second kappa shape index (κ2) is 3.71. The Hall–Kier alpha value is -1.49. The molecule has 0 amide bonds. The van der Waals surface area contributed by atoms with E-state index >= 15 is 0 Å². The molecule has 0 aliphatic heterocycles. The molecule has 1 heterocycles. The molecule has 0 bridgehead atoms. The van der Waals surface area contributed by atoms with Crippen LogP contribution in [0.15, 0.2) is 18.6 Å². The monoisotopic (exact) mass is 195 g/mol. The van der Waals surface area contributed by atoms with Gasteiger partial charge in [-0.15, -0.1) is 0 Å². The predicted molar refractivity (Wildman–Crippen MR) is 50.4 cm³/mol. The Bertz CT molecular complexity index is 324. The lowest BCUT2D eigenvalue weighted by Gasteiger charge is -2.25. The van der Waals surface area contributed by atoms with Gasteiger partial charge >= 0.3 is 5.97 Å².